The first kappa shape index (κ1) is 29.2. The molecule has 1 aliphatic carbocycles. The zero-order valence-corrected chi connectivity index (χ0v) is 25.0. The number of nitrogens with zero attached hydrogens (tertiary/aromatic N) is 2. The van der Waals surface area contributed by atoms with Gasteiger partial charge in [0.25, 0.3) is 5.91 Å². The summed E-state index contributed by atoms with van der Waals surface area (Å²) in [4.78, 5) is 38.6. The van der Waals surface area contributed by atoms with E-state index >= 15 is 0 Å². The van der Waals surface area contributed by atoms with Crippen LogP contribution in [-0.2, 0) is 32.0 Å². The molecular formula is C35H35N3O6. The molecule has 0 bridgehead atoms. The van der Waals surface area contributed by atoms with Crippen LogP contribution in [0.25, 0.3) is 6.08 Å². The Balaban J connectivity index is 1.24. The molecule has 3 aromatic carbocycles. The molecule has 6 rings (SSSR count). The van der Waals surface area contributed by atoms with Crippen molar-refractivity contribution in [3.05, 3.63) is 94.6 Å². The number of ether oxygens (including phenoxy) is 3. The molecule has 9 nitrogen and oxygen atoms in total. The van der Waals surface area contributed by atoms with Gasteiger partial charge in [-0.1, -0.05) is 36.4 Å². The van der Waals surface area contributed by atoms with E-state index < -0.39 is 12.1 Å². The minimum absolute atomic E-state index is 0.00452. The SMILES string of the molecule is COc1ccc(/C=C2/CCCC3C2=NN(C(=O)C(C)OC(=O)Cc2ccc4c(c2)NC(=O)C4)C3c2ccc(OC)cc2)cc1. The second kappa shape index (κ2) is 12.4. The lowest BCUT2D eigenvalue weighted by Gasteiger charge is -2.30. The van der Waals surface area contributed by atoms with Crippen LogP contribution >= 0.6 is 0 Å². The van der Waals surface area contributed by atoms with Gasteiger partial charge in [-0.05, 0) is 90.4 Å². The van der Waals surface area contributed by atoms with E-state index in [1.54, 1.807) is 33.3 Å². The molecule has 0 radical (unpaired) electrons. The second-order valence-corrected chi connectivity index (χ2v) is 11.4. The van der Waals surface area contributed by atoms with Crippen LogP contribution in [0.4, 0.5) is 5.69 Å². The first-order chi connectivity index (χ1) is 21.3. The summed E-state index contributed by atoms with van der Waals surface area (Å²) in [6, 6.07) is 20.6. The van der Waals surface area contributed by atoms with Gasteiger partial charge in [-0.25, -0.2) is 5.01 Å². The number of hydrogen-bond donors (Lipinski definition) is 1. The average Bonchev–Trinajstić information content (AvgIpc) is 3.61. The molecule has 0 aromatic heterocycles. The van der Waals surface area contributed by atoms with Gasteiger partial charge < -0.3 is 19.5 Å². The highest BCUT2D eigenvalue weighted by Gasteiger charge is 2.45. The smallest absolute Gasteiger partial charge is 0.311 e. The topological polar surface area (TPSA) is 107 Å². The van der Waals surface area contributed by atoms with E-state index in [1.807, 2.05) is 54.6 Å². The largest absolute Gasteiger partial charge is 0.497 e. The number of allylic oxidation sites excluding steroid dienone is 1. The van der Waals surface area contributed by atoms with E-state index in [2.05, 4.69) is 11.4 Å². The summed E-state index contributed by atoms with van der Waals surface area (Å²) in [5, 5.41) is 9.24. The van der Waals surface area contributed by atoms with Crippen LogP contribution in [0.15, 0.2) is 77.4 Å². The highest BCUT2D eigenvalue weighted by Crippen LogP contribution is 2.45. The minimum Gasteiger partial charge on any atom is -0.497 e. The fourth-order valence-corrected chi connectivity index (χ4v) is 6.23. The zero-order valence-electron chi connectivity index (χ0n) is 25.0. The predicted octanol–water partition coefficient (Wildman–Crippen LogP) is 5.50. The number of hydrazone groups is 1. The van der Waals surface area contributed by atoms with E-state index in [0.717, 1.165) is 58.7 Å². The number of benzene rings is 3. The van der Waals surface area contributed by atoms with E-state index in [-0.39, 0.29) is 30.2 Å². The molecule has 0 spiro atoms. The first-order valence-corrected chi connectivity index (χ1v) is 14.8. The minimum atomic E-state index is -1.05. The van der Waals surface area contributed by atoms with Crippen LogP contribution < -0.4 is 14.8 Å². The van der Waals surface area contributed by atoms with Crippen molar-refractivity contribution in [1.29, 1.82) is 0 Å². The molecule has 2 aliphatic heterocycles. The molecule has 3 aliphatic rings. The molecule has 1 fully saturated rings. The Morgan fingerprint density at radius 2 is 1.73 bits per heavy atom. The van der Waals surface area contributed by atoms with Crippen LogP contribution in [0, 0.1) is 5.92 Å². The highest BCUT2D eigenvalue weighted by molar-refractivity contribution is 6.08. The van der Waals surface area contributed by atoms with Crippen molar-refractivity contribution in [3.8, 4) is 11.5 Å². The Labute approximate surface area is 256 Å². The number of fused-ring (bicyclic) bond motifs is 2. The summed E-state index contributed by atoms with van der Waals surface area (Å²) in [6.07, 6.45) is 4.09. The molecular weight excluding hydrogens is 558 g/mol. The van der Waals surface area contributed by atoms with Crippen molar-refractivity contribution in [2.75, 3.05) is 19.5 Å². The zero-order chi connectivity index (χ0) is 30.8. The highest BCUT2D eigenvalue weighted by atomic mass is 16.5. The Kier molecular flexibility index (Phi) is 8.19. The van der Waals surface area contributed by atoms with Gasteiger partial charge in [0.05, 0.1) is 38.8 Å². The molecule has 1 N–H and O–H groups in total. The van der Waals surface area contributed by atoms with Gasteiger partial charge in [0, 0.05) is 11.6 Å². The van der Waals surface area contributed by atoms with Crippen LogP contribution in [0.2, 0.25) is 0 Å². The fourth-order valence-electron chi connectivity index (χ4n) is 6.23. The molecule has 9 heteroatoms. The number of methoxy groups -OCH3 is 2. The van der Waals surface area contributed by atoms with Crippen molar-refractivity contribution in [3.63, 3.8) is 0 Å². The lowest BCUT2D eigenvalue weighted by atomic mass is 9.77. The van der Waals surface area contributed by atoms with Crippen molar-refractivity contribution in [2.24, 2.45) is 11.0 Å². The predicted molar refractivity (Wildman–Crippen MR) is 166 cm³/mol. The van der Waals surface area contributed by atoms with Crippen molar-refractivity contribution in [2.45, 2.75) is 51.2 Å². The molecule has 2 heterocycles. The van der Waals surface area contributed by atoms with Crippen LogP contribution in [0.1, 0.15) is 54.5 Å². The Bertz CT molecular complexity index is 1640. The molecule has 226 valence electrons. The van der Waals surface area contributed by atoms with Gasteiger partial charge in [0.1, 0.15) is 11.5 Å². The van der Waals surface area contributed by atoms with Crippen molar-refractivity contribution < 1.29 is 28.6 Å². The number of carbonyl (C=O) groups is 3. The Morgan fingerprint density at radius 3 is 2.43 bits per heavy atom. The summed E-state index contributed by atoms with van der Waals surface area (Å²) in [5.74, 6) is 0.527. The molecule has 3 unspecified atom stereocenters. The summed E-state index contributed by atoms with van der Waals surface area (Å²) in [7, 11) is 3.26. The molecule has 0 saturated heterocycles. The normalized spacial score (nSPS) is 20.3. The second-order valence-electron chi connectivity index (χ2n) is 11.4. The lowest BCUT2D eigenvalue weighted by molar-refractivity contribution is -0.159. The third-order valence-corrected chi connectivity index (χ3v) is 8.45. The summed E-state index contributed by atoms with van der Waals surface area (Å²) in [6.45, 7) is 1.59. The molecule has 1 saturated carbocycles. The maximum Gasteiger partial charge on any atom is 0.311 e. The van der Waals surface area contributed by atoms with E-state index in [9.17, 15) is 14.4 Å². The summed E-state index contributed by atoms with van der Waals surface area (Å²) >= 11 is 0. The lowest BCUT2D eigenvalue weighted by Crippen LogP contribution is -2.39. The molecule has 3 aromatic rings. The third kappa shape index (κ3) is 5.95. The maximum absolute atomic E-state index is 13.9. The molecule has 44 heavy (non-hydrogen) atoms. The number of rotatable bonds is 8. The number of hydrogen-bond acceptors (Lipinski definition) is 7. The van der Waals surface area contributed by atoms with Gasteiger partial charge in [-0.3, -0.25) is 14.4 Å². The van der Waals surface area contributed by atoms with Gasteiger partial charge >= 0.3 is 5.97 Å². The standard InChI is InChI=1S/C35H35N3O6/c1-21(44-32(40)19-23-7-10-25-20-31(39)36-30(25)18-23)35(41)38-34(24-11-15-28(43-3)16-12-24)29-6-4-5-26(33(29)37-38)17-22-8-13-27(42-2)14-9-22/h7-18,21,29,34H,4-6,19-20H2,1-3H3,(H,36,39)/b26-17-. The molecule has 3 atom stereocenters. The third-order valence-electron chi connectivity index (χ3n) is 8.45. The molecule has 2 amide bonds. The number of esters is 1. The Hall–Kier alpha value is -4.92. The number of carbonyl (C=O) groups excluding carboxylic acids is 3. The van der Waals surface area contributed by atoms with Crippen molar-refractivity contribution >= 4 is 35.3 Å². The van der Waals surface area contributed by atoms with Crippen LogP contribution in [0.5, 0.6) is 11.5 Å². The van der Waals surface area contributed by atoms with Gasteiger partial charge in [-0.15, -0.1) is 0 Å². The number of amides is 2. The van der Waals surface area contributed by atoms with Gasteiger partial charge in [-0.2, -0.15) is 5.10 Å². The quantitative estimate of drug-likeness (QED) is 0.346. The summed E-state index contributed by atoms with van der Waals surface area (Å²) in [5.41, 5.74) is 6.26. The van der Waals surface area contributed by atoms with Crippen LogP contribution in [0.3, 0.4) is 0 Å². The first-order valence-electron chi connectivity index (χ1n) is 14.8. The van der Waals surface area contributed by atoms with E-state index in [4.69, 9.17) is 19.3 Å². The van der Waals surface area contributed by atoms with E-state index in [1.165, 1.54) is 5.01 Å². The number of anilines is 1. The monoisotopic (exact) mass is 593 g/mol. The fraction of sp³-hybridized carbons (Fsp3) is 0.314. The Morgan fingerprint density at radius 1 is 1.02 bits per heavy atom. The number of nitrogens with one attached hydrogen (secondary N) is 1. The maximum atomic E-state index is 13.9. The van der Waals surface area contributed by atoms with Gasteiger partial charge in [0.2, 0.25) is 5.91 Å². The van der Waals surface area contributed by atoms with E-state index in [0.29, 0.717) is 17.7 Å². The average molecular weight is 594 g/mol. The van der Waals surface area contributed by atoms with Crippen molar-refractivity contribution in [1.82, 2.24) is 5.01 Å². The summed E-state index contributed by atoms with van der Waals surface area (Å²) < 4.78 is 16.3. The van der Waals surface area contributed by atoms with Crippen LogP contribution in [-0.4, -0.2) is 48.8 Å². The van der Waals surface area contributed by atoms with Gasteiger partial charge in [0.15, 0.2) is 6.10 Å².